The molecular weight excluding hydrogens is 424 g/mol. The Morgan fingerprint density at radius 1 is 1.23 bits per heavy atom. The van der Waals surface area contributed by atoms with Crippen LogP contribution in [0.2, 0.25) is 0 Å². The van der Waals surface area contributed by atoms with E-state index in [9.17, 15) is 23.1 Å². The minimum Gasteiger partial charge on any atom is -0.478 e. The van der Waals surface area contributed by atoms with Gasteiger partial charge in [-0.3, -0.25) is 9.10 Å². The number of hydrogen-bond donors (Lipinski definition) is 2. The molecule has 3 aromatic rings. The molecule has 11 heteroatoms. The number of nitrogens with one attached hydrogen (secondary N) is 1. The van der Waals surface area contributed by atoms with E-state index in [2.05, 4.69) is 10.5 Å². The van der Waals surface area contributed by atoms with Gasteiger partial charge in [-0.25, -0.2) is 13.2 Å². The summed E-state index contributed by atoms with van der Waals surface area (Å²) in [7, 11) is -3.58. The topological polar surface area (TPSA) is 154 Å². The quantitative estimate of drug-likeness (QED) is 0.591. The van der Waals surface area contributed by atoms with Crippen LogP contribution in [0.15, 0.2) is 40.9 Å². The highest BCUT2D eigenvalue weighted by Gasteiger charge is 2.24. The van der Waals surface area contributed by atoms with E-state index in [1.807, 2.05) is 6.07 Å². The molecule has 31 heavy (non-hydrogen) atoms. The van der Waals surface area contributed by atoms with E-state index in [1.54, 1.807) is 19.9 Å². The van der Waals surface area contributed by atoms with Crippen LogP contribution < -0.4 is 9.62 Å². The Morgan fingerprint density at radius 3 is 2.52 bits per heavy atom. The van der Waals surface area contributed by atoms with Crippen molar-refractivity contribution >= 4 is 44.2 Å². The van der Waals surface area contributed by atoms with Crippen molar-refractivity contribution in [3.8, 4) is 6.07 Å². The number of aromatic carboxylic acids is 1. The van der Waals surface area contributed by atoms with Gasteiger partial charge in [0.05, 0.1) is 40.2 Å². The number of nitriles is 1. The molecule has 0 unspecified atom stereocenters. The van der Waals surface area contributed by atoms with E-state index in [1.165, 1.54) is 28.6 Å². The molecule has 0 aliphatic heterocycles. The number of benzene rings is 2. The number of rotatable bonds is 6. The molecule has 160 valence electrons. The molecular formula is C20H18N4O6S. The molecule has 0 saturated carbocycles. The molecule has 10 nitrogen and oxygen atoms in total. The number of hydrogen-bond acceptors (Lipinski definition) is 7. The van der Waals surface area contributed by atoms with Gasteiger partial charge in [-0.1, -0.05) is 5.16 Å². The van der Waals surface area contributed by atoms with Gasteiger partial charge in [-0.05, 0) is 50.2 Å². The fraction of sp³-hybridized carbons (Fsp3) is 0.200. The van der Waals surface area contributed by atoms with Gasteiger partial charge in [0.1, 0.15) is 0 Å². The van der Waals surface area contributed by atoms with Crippen molar-refractivity contribution in [1.82, 2.24) is 5.16 Å². The normalized spacial score (nSPS) is 11.3. The lowest BCUT2D eigenvalue weighted by Gasteiger charge is -2.26. The Kier molecular flexibility index (Phi) is 5.68. The molecule has 0 aliphatic rings. The van der Waals surface area contributed by atoms with Crippen molar-refractivity contribution in [2.45, 2.75) is 19.9 Å². The standard InChI is InChI=1S/C20H18N4O6S/c1-11(2)24(31(3,28)29)13-5-7-17-15(9-13)18(23-30-17)19(25)22-16-6-4-12(10-21)8-14(16)20(26)27/h4-9,11H,1-3H3,(H,22,25)(H,26,27). The first-order valence-corrected chi connectivity index (χ1v) is 10.9. The van der Waals surface area contributed by atoms with Gasteiger partial charge in [0, 0.05) is 6.04 Å². The third-order valence-corrected chi connectivity index (χ3v) is 5.72. The molecule has 1 aromatic heterocycles. The average molecular weight is 442 g/mol. The summed E-state index contributed by atoms with van der Waals surface area (Å²) in [5.41, 5.74) is 0.278. The van der Waals surface area contributed by atoms with Gasteiger partial charge in [0.25, 0.3) is 5.91 Å². The first-order chi connectivity index (χ1) is 14.5. The molecule has 0 radical (unpaired) electrons. The maximum atomic E-state index is 12.8. The predicted molar refractivity (Wildman–Crippen MR) is 113 cm³/mol. The number of carbonyl (C=O) groups excluding carboxylic acids is 1. The van der Waals surface area contributed by atoms with Crippen LogP contribution in [0.5, 0.6) is 0 Å². The maximum absolute atomic E-state index is 12.8. The summed E-state index contributed by atoms with van der Waals surface area (Å²) in [5.74, 6) is -2.07. The van der Waals surface area contributed by atoms with Crippen LogP contribution in [-0.2, 0) is 10.0 Å². The monoisotopic (exact) mass is 442 g/mol. The zero-order chi connectivity index (χ0) is 22.9. The number of anilines is 2. The van der Waals surface area contributed by atoms with Gasteiger partial charge in [-0.2, -0.15) is 5.26 Å². The molecule has 1 amide bonds. The molecule has 3 rings (SSSR count). The summed E-state index contributed by atoms with van der Waals surface area (Å²) >= 11 is 0. The number of amides is 1. The Balaban J connectivity index is 2.03. The van der Waals surface area contributed by atoms with Crippen LogP contribution in [-0.4, -0.2) is 42.9 Å². The van der Waals surface area contributed by atoms with E-state index in [0.717, 1.165) is 12.3 Å². The SMILES string of the molecule is CC(C)N(c1ccc2onc(C(=O)Nc3ccc(C#N)cc3C(=O)O)c2c1)S(C)(=O)=O. The minimum absolute atomic E-state index is 0.0243. The molecule has 0 spiro atoms. The number of nitrogens with zero attached hydrogens (tertiary/aromatic N) is 3. The summed E-state index contributed by atoms with van der Waals surface area (Å²) in [4.78, 5) is 24.3. The molecule has 0 saturated heterocycles. The largest absolute Gasteiger partial charge is 0.478 e. The summed E-state index contributed by atoms with van der Waals surface area (Å²) in [5, 5.41) is 24.8. The van der Waals surface area contributed by atoms with Gasteiger partial charge in [0.2, 0.25) is 10.0 Å². The van der Waals surface area contributed by atoms with Crippen LogP contribution in [0.1, 0.15) is 40.3 Å². The fourth-order valence-electron chi connectivity index (χ4n) is 3.18. The molecule has 0 bridgehead atoms. The Morgan fingerprint density at radius 2 is 1.94 bits per heavy atom. The number of aromatic nitrogens is 1. The van der Waals surface area contributed by atoms with Crippen molar-refractivity contribution in [2.24, 2.45) is 0 Å². The lowest BCUT2D eigenvalue weighted by Crippen LogP contribution is -2.36. The first kappa shape index (κ1) is 21.8. The highest BCUT2D eigenvalue weighted by molar-refractivity contribution is 7.92. The Hall–Kier alpha value is -3.91. The van der Waals surface area contributed by atoms with E-state index in [4.69, 9.17) is 9.78 Å². The van der Waals surface area contributed by atoms with Crippen LogP contribution in [0, 0.1) is 11.3 Å². The molecule has 2 N–H and O–H groups in total. The van der Waals surface area contributed by atoms with Crippen LogP contribution in [0.4, 0.5) is 11.4 Å². The lowest BCUT2D eigenvalue weighted by molar-refractivity contribution is 0.0698. The van der Waals surface area contributed by atoms with Crippen molar-refractivity contribution in [3.05, 3.63) is 53.2 Å². The number of carbonyl (C=O) groups is 2. The third-order valence-electron chi connectivity index (χ3n) is 4.38. The van der Waals surface area contributed by atoms with E-state index < -0.39 is 21.9 Å². The molecule has 0 atom stereocenters. The molecule has 0 aliphatic carbocycles. The van der Waals surface area contributed by atoms with Crippen LogP contribution >= 0.6 is 0 Å². The Labute approximate surface area is 177 Å². The fourth-order valence-corrected chi connectivity index (χ4v) is 4.44. The maximum Gasteiger partial charge on any atom is 0.337 e. The molecule has 2 aromatic carbocycles. The van der Waals surface area contributed by atoms with Crippen molar-refractivity contribution in [3.63, 3.8) is 0 Å². The van der Waals surface area contributed by atoms with E-state index in [-0.39, 0.29) is 39.5 Å². The Bertz CT molecular complexity index is 1340. The molecule has 1 heterocycles. The second kappa shape index (κ2) is 8.08. The zero-order valence-electron chi connectivity index (χ0n) is 16.8. The first-order valence-electron chi connectivity index (χ1n) is 9.00. The van der Waals surface area contributed by atoms with Crippen molar-refractivity contribution in [2.75, 3.05) is 15.9 Å². The number of fused-ring (bicyclic) bond motifs is 1. The van der Waals surface area contributed by atoms with Crippen LogP contribution in [0.3, 0.4) is 0 Å². The summed E-state index contributed by atoms with van der Waals surface area (Å²) in [6, 6.07) is 9.79. The summed E-state index contributed by atoms with van der Waals surface area (Å²) in [6.45, 7) is 3.43. The molecule has 0 fully saturated rings. The van der Waals surface area contributed by atoms with Crippen LogP contribution in [0.25, 0.3) is 11.0 Å². The second-order valence-corrected chi connectivity index (χ2v) is 8.86. The number of carboxylic acid groups (broad SMARTS) is 1. The predicted octanol–water partition coefficient (Wildman–Crippen LogP) is 2.82. The summed E-state index contributed by atoms with van der Waals surface area (Å²) in [6.07, 6.45) is 1.08. The van der Waals surface area contributed by atoms with E-state index >= 15 is 0 Å². The second-order valence-electron chi connectivity index (χ2n) is 7.00. The highest BCUT2D eigenvalue weighted by atomic mass is 32.2. The van der Waals surface area contributed by atoms with Crippen molar-refractivity contribution in [1.29, 1.82) is 5.26 Å². The van der Waals surface area contributed by atoms with Gasteiger partial charge in [-0.15, -0.1) is 0 Å². The smallest absolute Gasteiger partial charge is 0.337 e. The third kappa shape index (κ3) is 4.34. The van der Waals surface area contributed by atoms with E-state index in [0.29, 0.717) is 5.69 Å². The lowest BCUT2D eigenvalue weighted by atomic mass is 10.1. The summed E-state index contributed by atoms with van der Waals surface area (Å²) < 4.78 is 30.7. The van der Waals surface area contributed by atoms with Gasteiger partial charge >= 0.3 is 5.97 Å². The van der Waals surface area contributed by atoms with Gasteiger partial charge in [0.15, 0.2) is 11.3 Å². The number of sulfonamides is 1. The zero-order valence-corrected chi connectivity index (χ0v) is 17.6. The van der Waals surface area contributed by atoms with Crippen molar-refractivity contribution < 1.29 is 27.6 Å². The van der Waals surface area contributed by atoms with Gasteiger partial charge < -0.3 is 14.9 Å². The minimum atomic E-state index is -3.58. The average Bonchev–Trinajstić information content (AvgIpc) is 3.10. The number of carboxylic acids is 1. The highest BCUT2D eigenvalue weighted by Crippen LogP contribution is 2.28.